The van der Waals surface area contributed by atoms with E-state index in [-0.39, 0.29) is 16.9 Å². The van der Waals surface area contributed by atoms with Crippen molar-refractivity contribution in [1.82, 2.24) is 9.73 Å². The quantitative estimate of drug-likeness (QED) is 0.302. The van der Waals surface area contributed by atoms with Gasteiger partial charge in [-0.05, 0) is 46.4 Å². The number of hydrogen-bond donors (Lipinski definition) is 1. The summed E-state index contributed by atoms with van der Waals surface area (Å²) in [6.45, 7) is 5.88. The summed E-state index contributed by atoms with van der Waals surface area (Å²) in [6, 6.07) is 20.6. The molecule has 9 heteroatoms. The number of rotatable bonds is 8. The van der Waals surface area contributed by atoms with E-state index in [9.17, 15) is 13.2 Å². The molecule has 0 radical (unpaired) electrons. The van der Waals surface area contributed by atoms with Crippen LogP contribution in [0.1, 0.15) is 37.5 Å². The normalized spacial score (nSPS) is 12.3. The van der Waals surface area contributed by atoms with E-state index in [4.69, 9.17) is 23.2 Å². The van der Waals surface area contributed by atoms with Gasteiger partial charge in [0.05, 0.1) is 27.7 Å². The molecular weight excluding hydrogens is 505 g/mol. The number of carbonyl (C=O) groups is 1. The van der Waals surface area contributed by atoms with E-state index in [0.29, 0.717) is 15.6 Å². The number of benzene rings is 3. The van der Waals surface area contributed by atoms with Crippen molar-refractivity contribution in [3.63, 3.8) is 0 Å². The van der Waals surface area contributed by atoms with Crippen LogP contribution in [0.5, 0.6) is 0 Å². The molecule has 0 bridgehead atoms. The van der Waals surface area contributed by atoms with Crippen LogP contribution in [0, 0.1) is 0 Å². The number of nitrogens with one attached hydrogen (secondary N) is 1. The van der Waals surface area contributed by atoms with Crippen LogP contribution in [0.3, 0.4) is 0 Å². The molecule has 1 N–H and O–H groups in total. The lowest BCUT2D eigenvalue weighted by Gasteiger charge is -2.21. The molecule has 0 atom stereocenters. The average Bonchev–Trinajstić information content (AvgIpc) is 2.81. The molecule has 0 saturated heterocycles. The molecule has 0 saturated carbocycles. The number of carbonyl (C=O) groups excluding carboxylic acids is 1. The van der Waals surface area contributed by atoms with Crippen molar-refractivity contribution in [2.45, 2.75) is 37.6 Å². The van der Waals surface area contributed by atoms with Crippen molar-refractivity contribution in [3.8, 4) is 0 Å². The summed E-state index contributed by atoms with van der Waals surface area (Å²) in [6.07, 6.45) is 1.51. The molecule has 0 aliphatic rings. The molecular formula is C26H27Cl2N3O3S. The summed E-state index contributed by atoms with van der Waals surface area (Å²) in [5.41, 5.74) is 5.03. The highest BCUT2D eigenvalue weighted by Gasteiger charge is 2.27. The first-order chi connectivity index (χ1) is 16.5. The minimum atomic E-state index is -3.97. The molecule has 0 heterocycles. The predicted octanol–water partition coefficient (Wildman–Crippen LogP) is 5.63. The summed E-state index contributed by atoms with van der Waals surface area (Å²) in [7, 11) is -3.97. The highest BCUT2D eigenvalue weighted by Crippen LogP contribution is 2.25. The third kappa shape index (κ3) is 7.39. The molecule has 35 heavy (non-hydrogen) atoms. The van der Waals surface area contributed by atoms with E-state index < -0.39 is 22.5 Å². The van der Waals surface area contributed by atoms with Crippen LogP contribution in [-0.2, 0) is 26.8 Å². The average molecular weight is 532 g/mol. The maximum Gasteiger partial charge on any atom is 0.255 e. The Hall–Kier alpha value is -2.71. The van der Waals surface area contributed by atoms with Crippen LogP contribution in [0.2, 0.25) is 10.0 Å². The number of halogens is 2. The molecule has 3 aromatic rings. The fourth-order valence-corrected chi connectivity index (χ4v) is 4.98. The van der Waals surface area contributed by atoms with Gasteiger partial charge in [-0.25, -0.2) is 13.8 Å². The van der Waals surface area contributed by atoms with Crippen molar-refractivity contribution in [2.75, 3.05) is 6.54 Å². The molecule has 3 rings (SSSR count). The zero-order valence-electron chi connectivity index (χ0n) is 19.7. The summed E-state index contributed by atoms with van der Waals surface area (Å²) >= 11 is 12.1. The van der Waals surface area contributed by atoms with E-state index in [1.165, 1.54) is 23.9 Å². The third-order valence-corrected chi connectivity index (χ3v) is 7.77. The van der Waals surface area contributed by atoms with Gasteiger partial charge in [-0.15, -0.1) is 0 Å². The molecule has 0 aliphatic carbocycles. The minimum absolute atomic E-state index is 0.0336. The number of hydrogen-bond acceptors (Lipinski definition) is 4. The SMILES string of the molecule is CC(C)(C)c1ccc(/C=N/NC(=O)CN(Cc2ccc(Cl)c(Cl)c2)S(=O)(=O)c2ccccc2)cc1. The number of sulfonamides is 1. The van der Waals surface area contributed by atoms with Gasteiger partial charge in [0.25, 0.3) is 5.91 Å². The van der Waals surface area contributed by atoms with E-state index in [2.05, 4.69) is 31.3 Å². The van der Waals surface area contributed by atoms with Crippen LogP contribution >= 0.6 is 23.2 Å². The number of hydrazone groups is 1. The maximum absolute atomic E-state index is 13.3. The first-order valence-corrected chi connectivity index (χ1v) is 13.1. The number of nitrogens with zero attached hydrogens (tertiary/aromatic N) is 2. The Labute approximate surface area is 216 Å². The zero-order chi connectivity index (χ0) is 25.6. The van der Waals surface area contributed by atoms with Crippen molar-refractivity contribution in [3.05, 3.63) is 99.5 Å². The van der Waals surface area contributed by atoms with Gasteiger partial charge in [0.2, 0.25) is 10.0 Å². The van der Waals surface area contributed by atoms with Gasteiger partial charge in [-0.1, -0.05) is 92.5 Å². The van der Waals surface area contributed by atoms with Crippen LogP contribution in [-0.4, -0.2) is 31.4 Å². The summed E-state index contributed by atoms with van der Waals surface area (Å²) < 4.78 is 27.6. The van der Waals surface area contributed by atoms with Gasteiger partial charge in [0, 0.05) is 6.54 Å². The van der Waals surface area contributed by atoms with Gasteiger partial charge in [0.1, 0.15) is 0 Å². The Balaban J connectivity index is 1.75. The van der Waals surface area contributed by atoms with E-state index in [1.54, 1.807) is 36.4 Å². The van der Waals surface area contributed by atoms with Gasteiger partial charge in [-0.2, -0.15) is 9.41 Å². The maximum atomic E-state index is 13.3. The van der Waals surface area contributed by atoms with Crippen molar-refractivity contribution >= 4 is 45.3 Å². The van der Waals surface area contributed by atoms with Gasteiger partial charge in [0.15, 0.2) is 0 Å². The first kappa shape index (κ1) is 26.9. The van der Waals surface area contributed by atoms with E-state index in [0.717, 1.165) is 9.87 Å². The Bertz CT molecular complexity index is 1300. The topological polar surface area (TPSA) is 78.8 Å². The van der Waals surface area contributed by atoms with Gasteiger partial charge < -0.3 is 0 Å². The Morgan fingerprint density at radius 3 is 2.23 bits per heavy atom. The molecule has 1 amide bonds. The van der Waals surface area contributed by atoms with Crippen molar-refractivity contribution < 1.29 is 13.2 Å². The molecule has 0 fully saturated rings. The fraction of sp³-hybridized carbons (Fsp3) is 0.231. The highest BCUT2D eigenvalue weighted by molar-refractivity contribution is 7.89. The van der Waals surface area contributed by atoms with Crippen molar-refractivity contribution in [1.29, 1.82) is 0 Å². The third-order valence-electron chi connectivity index (χ3n) is 5.22. The van der Waals surface area contributed by atoms with Crippen LogP contribution in [0.25, 0.3) is 0 Å². The predicted molar refractivity (Wildman–Crippen MR) is 141 cm³/mol. The monoisotopic (exact) mass is 531 g/mol. The smallest absolute Gasteiger partial charge is 0.255 e. The van der Waals surface area contributed by atoms with Crippen LogP contribution < -0.4 is 5.43 Å². The molecule has 184 valence electrons. The second-order valence-corrected chi connectivity index (χ2v) is 11.8. The second kappa shape index (κ2) is 11.4. The first-order valence-electron chi connectivity index (χ1n) is 10.9. The Kier molecular flexibility index (Phi) is 8.72. The lowest BCUT2D eigenvalue weighted by atomic mass is 9.87. The number of amides is 1. The van der Waals surface area contributed by atoms with Crippen LogP contribution in [0.15, 0.2) is 82.8 Å². The van der Waals surface area contributed by atoms with Gasteiger partial charge >= 0.3 is 0 Å². The molecule has 0 spiro atoms. The van der Waals surface area contributed by atoms with E-state index >= 15 is 0 Å². The molecule has 0 unspecified atom stereocenters. The largest absolute Gasteiger partial charge is 0.272 e. The van der Waals surface area contributed by atoms with Gasteiger partial charge in [-0.3, -0.25) is 4.79 Å². The summed E-state index contributed by atoms with van der Waals surface area (Å²) in [5.74, 6) is -0.577. The Morgan fingerprint density at radius 1 is 0.971 bits per heavy atom. The standard InChI is InChI=1S/C26H27Cl2N3O3S/c1-26(2,3)21-12-9-19(10-13-21)16-29-30-25(32)18-31(17-20-11-14-23(27)24(28)15-20)35(33,34)22-7-5-4-6-8-22/h4-16H,17-18H2,1-3H3,(H,30,32)/b29-16+. The minimum Gasteiger partial charge on any atom is -0.272 e. The molecule has 0 aliphatic heterocycles. The Morgan fingerprint density at radius 2 is 1.63 bits per heavy atom. The second-order valence-electron chi connectivity index (χ2n) is 9.00. The lowest BCUT2D eigenvalue weighted by molar-refractivity contribution is -0.121. The summed E-state index contributed by atoms with van der Waals surface area (Å²) in [5, 5.41) is 4.65. The molecule has 6 nitrogen and oxygen atoms in total. The van der Waals surface area contributed by atoms with Crippen LogP contribution in [0.4, 0.5) is 0 Å². The molecule has 3 aromatic carbocycles. The zero-order valence-corrected chi connectivity index (χ0v) is 22.0. The lowest BCUT2D eigenvalue weighted by Crippen LogP contribution is -2.39. The highest BCUT2D eigenvalue weighted by atomic mass is 35.5. The van der Waals surface area contributed by atoms with Crippen molar-refractivity contribution in [2.24, 2.45) is 5.10 Å². The molecule has 0 aromatic heterocycles. The summed E-state index contributed by atoms with van der Waals surface area (Å²) in [4.78, 5) is 12.7. The fourth-order valence-electron chi connectivity index (χ4n) is 3.25. The van der Waals surface area contributed by atoms with E-state index in [1.807, 2.05) is 24.3 Å².